The van der Waals surface area contributed by atoms with E-state index in [0.717, 1.165) is 4.90 Å². The molecule has 0 aromatic heterocycles. The van der Waals surface area contributed by atoms with E-state index in [1.54, 1.807) is 24.3 Å². The summed E-state index contributed by atoms with van der Waals surface area (Å²) in [6, 6.07) is 6.86. The van der Waals surface area contributed by atoms with Crippen LogP contribution in [0, 0.1) is 0 Å². The van der Waals surface area contributed by atoms with Crippen LogP contribution in [0.5, 0.6) is 11.5 Å². The Morgan fingerprint density at radius 2 is 1.81 bits per heavy atom. The van der Waals surface area contributed by atoms with Crippen molar-refractivity contribution in [3.05, 3.63) is 24.3 Å². The highest BCUT2D eigenvalue weighted by Gasteiger charge is 2.34. The van der Waals surface area contributed by atoms with Crippen LogP contribution in [0.1, 0.15) is 12.8 Å². The summed E-state index contributed by atoms with van der Waals surface area (Å²) < 4.78 is 28.3. The Hall–Kier alpha value is -1.85. The first-order valence-electron chi connectivity index (χ1n) is 6.56. The number of hydrogen-bond donors (Lipinski definition) is 0. The zero-order chi connectivity index (χ0) is 14.9. The number of fused-ring (bicyclic) bond motifs is 1. The maximum Gasteiger partial charge on any atom is 0.416 e. The number of hydrogen-bond acceptors (Lipinski definition) is 6. The van der Waals surface area contributed by atoms with Crippen molar-refractivity contribution >= 4 is 19.4 Å². The lowest BCUT2D eigenvalue weighted by Gasteiger charge is -2.26. The number of rotatable bonds is 4. The fourth-order valence-corrected chi connectivity index (χ4v) is 3.46. The number of carbonyl (C=O) groups excluding carboxylic acids is 2. The van der Waals surface area contributed by atoms with Gasteiger partial charge in [0.25, 0.3) is 0 Å². The van der Waals surface area contributed by atoms with Gasteiger partial charge in [-0.3, -0.25) is 19.0 Å². The molecule has 0 bridgehead atoms. The van der Waals surface area contributed by atoms with Gasteiger partial charge in [0.15, 0.2) is 11.5 Å². The molecule has 1 fully saturated rings. The molecule has 0 spiro atoms. The molecule has 1 atom stereocenters. The molecule has 1 saturated heterocycles. The minimum atomic E-state index is -3.41. The van der Waals surface area contributed by atoms with Crippen molar-refractivity contribution in [3.8, 4) is 11.5 Å². The van der Waals surface area contributed by atoms with Gasteiger partial charge in [0.2, 0.25) is 18.2 Å². The Labute approximate surface area is 121 Å². The number of likely N-dealkylation sites (tertiary alicyclic amines) is 1. The fourth-order valence-electron chi connectivity index (χ4n) is 2.18. The van der Waals surface area contributed by atoms with E-state index in [1.165, 1.54) is 0 Å². The van der Waals surface area contributed by atoms with Crippen LogP contribution >= 0.6 is 7.60 Å². The maximum atomic E-state index is 12.4. The minimum absolute atomic E-state index is 0.0414. The van der Waals surface area contributed by atoms with Crippen molar-refractivity contribution in [3.63, 3.8) is 0 Å². The number of nitrogens with zero attached hydrogens (tertiary/aromatic N) is 1. The predicted octanol–water partition coefficient (Wildman–Crippen LogP) is 1.77. The van der Waals surface area contributed by atoms with Gasteiger partial charge in [-0.1, -0.05) is 12.1 Å². The molecule has 2 aliphatic rings. The highest BCUT2D eigenvalue weighted by molar-refractivity contribution is 7.54. The molecule has 3 rings (SSSR count). The molecule has 1 aromatic rings. The Morgan fingerprint density at radius 3 is 2.52 bits per heavy atom. The average molecular weight is 311 g/mol. The number of amides is 2. The normalized spacial score (nSPS) is 24.5. The summed E-state index contributed by atoms with van der Waals surface area (Å²) in [5, 5.41) is 0. The number of carbonyl (C=O) groups is 2. The molecular weight excluding hydrogens is 297 g/mol. The van der Waals surface area contributed by atoms with Crippen molar-refractivity contribution in [1.82, 2.24) is 4.90 Å². The summed E-state index contributed by atoms with van der Waals surface area (Å²) in [6.45, 7) is 0.0347. The number of para-hydroxylation sites is 2. The maximum absolute atomic E-state index is 12.4. The van der Waals surface area contributed by atoms with E-state index in [9.17, 15) is 14.2 Å². The summed E-state index contributed by atoms with van der Waals surface area (Å²) in [5.74, 6) is 0.416. The Bertz CT molecular complexity index is 615. The van der Waals surface area contributed by atoms with E-state index < -0.39 is 7.60 Å². The first-order valence-corrected chi connectivity index (χ1v) is 8.28. The molecule has 2 aliphatic heterocycles. The van der Waals surface area contributed by atoms with Gasteiger partial charge in [0.1, 0.15) is 0 Å². The molecule has 0 radical (unpaired) electrons. The van der Waals surface area contributed by atoms with Crippen LogP contribution in [-0.2, 0) is 18.7 Å². The Morgan fingerprint density at radius 1 is 1.14 bits per heavy atom. The lowest BCUT2D eigenvalue weighted by atomic mass is 10.3. The molecular formula is C13H14NO6P. The fraction of sp³-hybridized carbons (Fsp3) is 0.385. The van der Waals surface area contributed by atoms with E-state index in [0.29, 0.717) is 11.5 Å². The topological polar surface area (TPSA) is 82.1 Å². The number of imide groups is 1. The number of ether oxygens (including phenoxy) is 1. The average Bonchev–Trinajstić information content (AvgIpc) is 2.79. The first-order chi connectivity index (χ1) is 10.1. The second-order valence-corrected chi connectivity index (χ2v) is 6.62. The molecule has 0 unspecified atom stereocenters. The van der Waals surface area contributed by atoms with Crippen molar-refractivity contribution in [2.45, 2.75) is 12.8 Å². The van der Waals surface area contributed by atoms with E-state index >= 15 is 0 Å². The van der Waals surface area contributed by atoms with Gasteiger partial charge in [0, 0.05) is 12.8 Å². The SMILES string of the molecule is O=C1CCC(=O)N1CCO[P@]1(=O)COc2ccccc2O1. The molecule has 0 N–H and O–H groups in total. The standard InChI is InChI=1S/C13H14NO6P/c15-12-5-6-13(16)14(12)7-8-19-21(17)9-18-10-3-1-2-4-11(10)20-21/h1-4H,5-9H2/t21-/m1/s1. The molecule has 2 amide bonds. The zero-order valence-electron chi connectivity index (χ0n) is 11.2. The molecule has 8 heteroatoms. The molecule has 112 valence electrons. The molecule has 0 saturated carbocycles. The van der Waals surface area contributed by atoms with Gasteiger partial charge in [0.05, 0.1) is 13.2 Å². The third kappa shape index (κ3) is 2.94. The van der Waals surface area contributed by atoms with Crippen LogP contribution in [-0.4, -0.2) is 36.2 Å². The molecule has 1 aromatic carbocycles. The van der Waals surface area contributed by atoms with Gasteiger partial charge in [-0.05, 0) is 12.1 Å². The van der Waals surface area contributed by atoms with Gasteiger partial charge < -0.3 is 9.26 Å². The van der Waals surface area contributed by atoms with E-state index in [2.05, 4.69) is 0 Å². The van der Waals surface area contributed by atoms with Crippen molar-refractivity contribution in [2.75, 3.05) is 19.5 Å². The highest BCUT2D eigenvalue weighted by atomic mass is 31.2. The minimum Gasteiger partial charge on any atom is -0.476 e. The summed E-state index contributed by atoms with van der Waals surface area (Å²) in [6.07, 6.45) is 0.263. The summed E-state index contributed by atoms with van der Waals surface area (Å²) in [7, 11) is -3.41. The van der Waals surface area contributed by atoms with Crippen molar-refractivity contribution < 1.29 is 27.9 Å². The van der Waals surface area contributed by atoms with Gasteiger partial charge in [-0.2, -0.15) is 0 Å². The van der Waals surface area contributed by atoms with Gasteiger partial charge in [-0.15, -0.1) is 0 Å². The van der Waals surface area contributed by atoms with Gasteiger partial charge >= 0.3 is 7.60 Å². The van der Waals surface area contributed by atoms with Crippen LogP contribution in [0.15, 0.2) is 24.3 Å². The predicted molar refractivity (Wildman–Crippen MR) is 72.1 cm³/mol. The summed E-state index contributed by atoms with van der Waals surface area (Å²) >= 11 is 0. The van der Waals surface area contributed by atoms with Crippen molar-refractivity contribution in [2.24, 2.45) is 0 Å². The zero-order valence-corrected chi connectivity index (χ0v) is 12.1. The lowest BCUT2D eigenvalue weighted by Crippen LogP contribution is -2.32. The van der Waals surface area contributed by atoms with Crippen LogP contribution in [0.25, 0.3) is 0 Å². The quantitative estimate of drug-likeness (QED) is 0.622. The highest BCUT2D eigenvalue weighted by Crippen LogP contribution is 2.54. The molecule has 0 aliphatic carbocycles. The summed E-state index contributed by atoms with van der Waals surface area (Å²) in [4.78, 5) is 24.0. The Kier molecular flexibility index (Phi) is 3.69. The number of benzene rings is 1. The molecule has 2 heterocycles. The van der Waals surface area contributed by atoms with Crippen LogP contribution in [0.3, 0.4) is 0 Å². The second-order valence-electron chi connectivity index (χ2n) is 4.69. The van der Waals surface area contributed by atoms with Crippen LogP contribution in [0.2, 0.25) is 0 Å². The third-order valence-electron chi connectivity index (χ3n) is 3.22. The smallest absolute Gasteiger partial charge is 0.416 e. The third-order valence-corrected chi connectivity index (χ3v) is 4.72. The van der Waals surface area contributed by atoms with Crippen molar-refractivity contribution in [1.29, 1.82) is 0 Å². The summed E-state index contributed by atoms with van der Waals surface area (Å²) in [5.41, 5.74) is 0. The molecule has 21 heavy (non-hydrogen) atoms. The largest absolute Gasteiger partial charge is 0.476 e. The van der Waals surface area contributed by atoms with Crippen LogP contribution in [0.4, 0.5) is 0 Å². The van der Waals surface area contributed by atoms with Crippen LogP contribution < -0.4 is 9.26 Å². The Balaban J connectivity index is 1.57. The van der Waals surface area contributed by atoms with E-state index in [-0.39, 0.29) is 44.2 Å². The lowest BCUT2D eigenvalue weighted by molar-refractivity contribution is -0.138. The monoisotopic (exact) mass is 311 g/mol. The first kappa shape index (κ1) is 14.1. The molecule has 7 nitrogen and oxygen atoms in total. The second kappa shape index (κ2) is 5.50. The van der Waals surface area contributed by atoms with E-state index in [4.69, 9.17) is 13.8 Å². The van der Waals surface area contributed by atoms with E-state index in [1.807, 2.05) is 0 Å². The van der Waals surface area contributed by atoms with Gasteiger partial charge in [-0.25, -0.2) is 4.57 Å².